The molecule has 2 aromatic carbocycles. The molecule has 0 spiro atoms. The molecule has 1 atom stereocenters. The lowest BCUT2D eigenvalue weighted by atomic mass is 9.95. The molecule has 0 fully saturated rings. The molecule has 0 bridgehead atoms. The predicted octanol–water partition coefficient (Wildman–Crippen LogP) is 3.00. The Kier molecular flexibility index (Phi) is 5.17. The Morgan fingerprint density at radius 1 is 1.07 bits per heavy atom. The number of hydrogen-bond donors (Lipinski definition) is 2. The van der Waals surface area contributed by atoms with Crippen LogP contribution < -0.4 is 10.6 Å². The summed E-state index contributed by atoms with van der Waals surface area (Å²) in [5.74, 6) is -0.279. The number of fused-ring (bicyclic) bond motifs is 2. The van der Waals surface area contributed by atoms with E-state index in [0.717, 1.165) is 16.7 Å². The monoisotopic (exact) mass is 407 g/mol. The Morgan fingerprint density at radius 3 is 2.59 bits per heavy atom. The average molecular weight is 407 g/mol. The fraction of sp³-hybridized carbons (Fsp3) is 0.182. The van der Waals surface area contributed by atoms with E-state index in [-0.39, 0.29) is 18.2 Å². The zero-order valence-electron chi connectivity index (χ0n) is 15.9. The first-order valence-corrected chi connectivity index (χ1v) is 10.9. The Balaban J connectivity index is 1.63. The van der Waals surface area contributed by atoms with E-state index in [1.807, 2.05) is 43.3 Å². The Bertz CT molecular complexity index is 1180. The summed E-state index contributed by atoms with van der Waals surface area (Å²) < 4.78 is 25.8. The molecule has 6 nitrogen and oxygen atoms in total. The van der Waals surface area contributed by atoms with E-state index in [4.69, 9.17) is 0 Å². The zero-order chi connectivity index (χ0) is 20.4. The zero-order valence-corrected chi connectivity index (χ0v) is 16.7. The van der Waals surface area contributed by atoms with Crippen molar-refractivity contribution >= 4 is 21.4 Å². The third kappa shape index (κ3) is 4.06. The minimum absolute atomic E-state index is 0.0291. The fourth-order valence-electron chi connectivity index (χ4n) is 3.64. The van der Waals surface area contributed by atoms with Crippen molar-refractivity contribution in [3.05, 3.63) is 89.2 Å². The summed E-state index contributed by atoms with van der Waals surface area (Å²) in [6.07, 6.45) is 3.31. The van der Waals surface area contributed by atoms with E-state index in [9.17, 15) is 13.2 Å². The molecule has 3 aromatic rings. The van der Waals surface area contributed by atoms with Gasteiger partial charge in [0.25, 0.3) is 0 Å². The predicted molar refractivity (Wildman–Crippen MR) is 111 cm³/mol. The highest BCUT2D eigenvalue weighted by Crippen LogP contribution is 2.35. The Morgan fingerprint density at radius 2 is 1.79 bits per heavy atom. The van der Waals surface area contributed by atoms with Crippen LogP contribution in [-0.2, 0) is 20.4 Å². The standard InChI is InChI=1S/C22H21N3O3S/c1-15-10-17(12-23-11-15)25-21(26)13-24-22-18-7-3-2-6-16(18)14-29(27,28)20-9-5-4-8-19(20)22/h2-12,22,24H,13-14H2,1H3,(H,25,26). The lowest BCUT2D eigenvalue weighted by Gasteiger charge is -2.21. The smallest absolute Gasteiger partial charge is 0.238 e. The van der Waals surface area contributed by atoms with Crippen LogP contribution in [0.25, 0.3) is 0 Å². The van der Waals surface area contributed by atoms with Gasteiger partial charge in [0, 0.05) is 6.20 Å². The van der Waals surface area contributed by atoms with Crippen LogP contribution in [0.15, 0.2) is 71.9 Å². The molecule has 148 valence electrons. The van der Waals surface area contributed by atoms with Crippen molar-refractivity contribution in [3.63, 3.8) is 0 Å². The van der Waals surface area contributed by atoms with Gasteiger partial charge in [-0.3, -0.25) is 15.1 Å². The molecule has 2 heterocycles. The van der Waals surface area contributed by atoms with Gasteiger partial charge in [-0.25, -0.2) is 8.42 Å². The van der Waals surface area contributed by atoms with E-state index in [2.05, 4.69) is 15.6 Å². The molecule has 0 saturated carbocycles. The topological polar surface area (TPSA) is 88.2 Å². The van der Waals surface area contributed by atoms with Crippen molar-refractivity contribution in [2.45, 2.75) is 23.6 Å². The van der Waals surface area contributed by atoms with Gasteiger partial charge in [0.1, 0.15) is 0 Å². The molecule has 1 aliphatic heterocycles. The maximum Gasteiger partial charge on any atom is 0.238 e. The van der Waals surface area contributed by atoms with Gasteiger partial charge in [-0.15, -0.1) is 0 Å². The number of nitrogens with zero attached hydrogens (tertiary/aromatic N) is 1. The quantitative estimate of drug-likeness (QED) is 0.694. The number of hydrogen-bond acceptors (Lipinski definition) is 5. The van der Waals surface area contributed by atoms with Crippen molar-refractivity contribution in [1.82, 2.24) is 10.3 Å². The summed E-state index contributed by atoms with van der Waals surface area (Å²) >= 11 is 0. The third-order valence-corrected chi connectivity index (χ3v) is 6.64. The van der Waals surface area contributed by atoms with Crippen LogP contribution >= 0.6 is 0 Å². The molecule has 0 aliphatic carbocycles. The summed E-state index contributed by atoms with van der Waals surface area (Å²) in [5, 5.41) is 6.07. The van der Waals surface area contributed by atoms with Gasteiger partial charge in [0.2, 0.25) is 5.91 Å². The van der Waals surface area contributed by atoms with Crippen molar-refractivity contribution in [3.8, 4) is 0 Å². The first-order valence-electron chi connectivity index (χ1n) is 9.28. The number of pyridine rings is 1. The number of anilines is 1. The van der Waals surface area contributed by atoms with Crippen molar-refractivity contribution in [2.75, 3.05) is 11.9 Å². The van der Waals surface area contributed by atoms with Crippen LogP contribution in [0.3, 0.4) is 0 Å². The minimum Gasteiger partial charge on any atom is -0.324 e. The van der Waals surface area contributed by atoms with Crippen LogP contribution in [-0.4, -0.2) is 25.9 Å². The molecule has 1 aliphatic rings. The second kappa shape index (κ2) is 7.77. The fourth-order valence-corrected chi connectivity index (χ4v) is 5.30. The molecular weight excluding hydrogens is 386 g/mol. The number of amides is 1. The first kappa shape index (κ1) is 19.3. The lowest BCUT2D eigenvalue weighted by molar-refractivity contribution is -0.115. The number of nitrogens with one attached hydrogen (secondary N) is 2. The number of aromatic nitrogens is 1. The molecule has 29 heavy (non-hydrogen) atoms. The van der Waals surface area contributed by atoms with Gasteiger partial charge >= 0.3 is 0 Å². The van der Waals surface area contributed by atoms with Crippen LogP contribution in [0.1, 0.15) is 28.3 Å². The van der Waals surface area contributed by atoms with Crippen LogP contribution in [0.2, 0.25) is 0 Å². The molecule has 1 aromatic heterocycles. The SMILES string of the molecule is Cc1cncc(NC(=O)CNC2c3ccccc3CS(=O)(=O)c3ccccc32)c1. The molecule has 7 heteroatoms. The Labute approximate surface area is 169 Å². The van der Waals surface area contributed by atoms with E-state index in [1.54, 1.807) is 30.6 Å². The van der Waals surface area contributed by atoms with Crippen molar-refractivity contribution < 1.29 is 13.2 Å². The summed E-state index contributed by atoms with van der Waals surface area (Å²) in [6.45, 7) is 1.93. The largest absolute Gasteiger partial charge is 0.324 e. The number of aryl methyl sites for hydroxylation is 1. The molecule has 0 radical (unpaired) electrons. The normalized spacial score (nSPS) is 16.9. The molecular formula is C22H21N3O3S. The van der Waals surface area contributed by atoms with Crippen molar-refractivity contribution in [2.24, 2.45) is 0 Å². The Hall–Kier alpha value is -3.03. The number of sulfone groups is 1. The maximum absolute atomic E-state index is 12.9. The molecule has 1 unspecified atom stereocenters. The minimum atomic E-state index is -3.47. The highest BCUT2D eigenvalue weighted by molar-refractivity contribution is 7.90. The maximum atomic E-state index is 12.9. The van der Waals surface area contributed by atoms with Crippen LogP contribution in [0, 0.1) is 6.92 Å². The average Bonchev–Trinajstić information content (AvgIpc) is 2.78. The second-order valence-corrected chi connectivity index (χ2v) is 9.07. The number of rotatable bonds is 4. The van der Waals surface area contributed by atoms with Crippen LogP contribution in [0.4, 0.5) is 5.69 Å². The summed E-state index contributed by atoms with van der Waals surface area (Å²) in [4.78, 5) is 16.9. The highest BCUT2D eigenvalue weighted by Gasteiger charge is 2.31. The van der Waals surface area contributed by atoms with Gasteiger partial charge < -0.3 is 5.32 Å². The van der Waals surface area contributed by atoms with Gasteiger partial charge in [-0.05, 0) is 41.3 Å². The van der Waals surface area contributed by atoms with Gasteiger partial charge in [0.15, 0.2) is 9.84 Å². The molecule has 2 N–H and O–H groups in total. The number of carbonyl (C=O) groups is 1. The molecule has 0 saturated heterocycles. The van der Waals surface area contributed by atoms with E-state index in [1.165, 1.54) is 0 Å². The van der Waals surface area contributed by atoms with E-state index < -0.39 is 15.9 Å². The summed E-state index contributed by atoms with van der Waals surface area (Å²) in [7, 11) is -3.47. The van der Waals surface area contributed by atoms with Gasteiger partial charge in [0.05, 0.1) is 35.1 Å². The lowest BCUT2D eigenvalue weighted by Crippen LogP contribution is -2.32. The van der Waals surface area contributed by atoms with E-state index >= 15 is 0 Å². The summed E-state index contributed by atoms with van der Waals surface area (Å²) in [6, 6.07) is 15.9. The number of benzene rings is 2. The van der Waals surface area contributed by atoms with Crippen LogP contribution in [0.5, 0.6) is 0 Å². The highest BCUT2D eigenvalue weighted by atomic mass is 32.2. The second-order valence-electron chi connectivity index (χ2n) is 7.11. The van der Waals surface area contributed by atoms with Gasteiger partial charge in [-0.2, -0.15) is 0 Å². The van der Waals surface area contributed by atoms with Crippen molar-refractivity contribution in [1.29, 1.82) is 0 Å². The third-order valence-electron chi connectivity index (χ3n) is 4.90. The molecule has 1 amide bonds. The summed E-state index contributed by atoms with van der Waals surface area (Å²) in [5.41, 5.74) is 3.84. The molecule has 4 rings (SSSR count). The van der Waals surface area contributed by atoms with Gasteiger partial charge in [-0.1, -0.05) is 42.5 Å². The van der Waals surface area contributed by atoms with E-state index in [0.29, 0.717) is 16.1 Å². The number of carbonyl (C=O) groups excluding carboxylic acids is 1. The first-order chi connectivity index (χ1) is 13.9.